The number of aryl methyl sites for hydroxylation is 1. The van der Waals surface area contributed by atoms with E-state index in [1.807, 2.05) is 0 Å². The number of piperidine rings is 1. The Morgan fingerprint density at radius 1 is 1.67 bits per heavy atom. The molecule has 2 nitrogen and oxygen atoms in total. The van der Waals surface area contributed by atoms with Gasteiger partial charge in [0.2, 0.25) is 0 Å². The highest BCUT2D eigenvalue weighted by Gasteiger charge is 2.25. The minimum absolute atomic E-state index is 0.305. The van der Waals surface area contributed by atoms with Crippen molar-refractivity contribution in [2.24, 2.45) is 5.92 Å². The molecule has 2 rings (SSSR count). The van der Waals surface area contributed by atoms with Gasteiger partial charge in [0, 0.05) is 17.3 Å². The Morgan fingerprint density at radius 2 is 2.47 bits per heavy atom. The van der Waals surface area contributed by atoms with Crippen molar-refractivity contribution in [2.45, 2.75) is 25.9 Å². The van der Waals surface area contributed by atoms with Crippen LogP contribution in [-0.4, -0.2) is 18.2 Å². The van der Waals surface area contributed by atoms with Crippen LogP contribution in [0.5, 0.6) is 0 Å². The average molecular weight is 290 g/mol. The van der Waals surface area contributed by atoms with Crippen molar-refractivity contribution in [3.8, 4) is 0 Å². The predicted molar refractivity (Wildman–Crippen MR) is 67.3 cm³/mol. The molecule has 1 aromatic heterocycles. The second-order valence-corrected chi connectivity index (χ2v) is 6.75. The normalized spacial score (nSPS) is 24.1. The molecule has 0 aromatic carbocycles. The number of hydrogen-bond acceptors (Lipinski definition) is 3. The minimum Gasteiger partial charge on any atom is -0.388 e. The molecule has 0 aliphatic carbocycles. The highest BCUT2D eigenvalue weighted by molar-refractivity contribution is 9.11. The van der Waals surface area contributed by atoms with Crippen LogP contribution in [0.25, 0.3) is 0 Å². The van der Waals surface area contributed by atoms with Crippen LogP contribution in [0, 0.1) is 12.8 Å². The van der Waals surface area contributed by atoms with E-state index in [0.29, 0.717) is 5.92 Å². The van der Waals surface area contributed by atoms with Gasteiger partial charge >= 0.3 is 0 Å². The van der Waals surface area contributed by atoms with E-state index in [1.54, 1.807) is 11.3 Å². The maximum absolute atomic E-state index is 10.3. The first-order valence-electron chi connectivity index (χ1n) is 5.33. The molecule has 2 N–H and O–H groups in total. The number of hydrogen-bond donors (Lipinski definition) is 2. The molecule has 84 valence electrons. The summed E-state index contributed by atoms with van der Waals surface area (Å²) in [6, 6.07) is 2.05. The number of rotatable bonds is 2. The Labute approximate surface area is 103 Å². The molecule has 0 bridgehead atoms. The number of nitrogens with one attached hydrogen (secondary N) is 1. The molecule has 15 heavy (non-hydrogen) atoms. The summed E-state index contributed by atoms with van der Waals surface area (Å²) in [5.74, 6) is 0.374. The van der Waals surface area contributed by atoms with Crippen LogP contribution in [0.3, 0.4) is 0 Å². The summed E-state index contributed by atoms with van der Waals surface area (Å²) in [7, 11) is 0. The van der Waals surface area contributed by atoms with E-state index in [1.165, 1.54) is 11.3 Å². The lowest BCUT2D eigenvalue weighted by molar-refractivity contribution is 0.0920. The maximum atomic E-state index is 10.3. The zero-order valence-corrected chi connectivity index (χ0v) is 11.2. The molecule has 1 fully saturated rings. The summed E-state index contributed by atoms with van der Waals surface area (Å²) in [6.45, 7) is 4.11. The van der Waals surface area contributed by atoms with Gasteiger partial charge in [-0.2, -0.15) is 0 Å². The van der Waals surface area contributed by atoms with E-state index >= 15 is 0 Å². The molecular formula is C11H16BrNOS. The van der Waals surface area contributed by atoms with Crippen molar-refractivity contribution >= 4 is 27.3 Å². The van der Waals surface area contributed by atoms with Crippen LogP contribution in [0.4, 0.5) is 0 Å². The number of aliphatic hydroxyl groups is 1. The molecule has 1 aliphatic heterocycles. The van der Waals surface area contributed by atoms with Crippen LogP contribution in [0.2, 0.25) is 0 Å². The van der Waals surface area contributed by atoms with Crippen LogP contribution in [0.1, 0.15) is 29.4 Å². The Bertz CT molecular complexity index is 333. The largest absolute Gasteiger partial charge is 0.388 e. The third-order valence-electron chi connectivity index (χ3n) is 3.03. The van der Waals surface area contributed by atoms with Gasteiger partial charge < -0.3 is 10.4 Å². The zero-order chi connectivity index (χ0) is 10.8. The van der Waals surface area contributed by atoms with Gasteiger partial charge in [0.15, 0.2) is 0 Å². The van der Waals surface area contributed by atoms with E-state index in [9.17, 15) is 5.11 Å². The second-order valence-electron chi connectivity index (χ2n) is 4.11. The molecule has 0 radical (unpaired) electrons. The summed E-state index contributed by atoms with van der Waals surface area (Å²) in [4.78, 5) is 1.22. The fraction of sp³-hybridized carbons (Fsp3) is 0.636. The molecule has 1 aliphatic rings. The molecule has 1 saturated heterocycles. The summed E-state index contributed by atoms with van der Waals surface area (Å²) in [5.41, 5.74) is 1.10. The Hall–Kier alpha value is 0.1000. The van der Waals surface area contributed by atoms with Crippen molar-refractivity contribution in [3.63, 3.8) is 0 Å². The fourth-order valence-electron chi connectivity index (χ4n) is 2.15. The monoisotopic (exact) mass is 289 g/mol. The lowest BCUT2D eigenvalue weighted by Crippen LogP contribution is -2.33. The van der Waals surface area contributed by atoms with E-state index < -0.39 is 0 Å². The average Bonchev–Trinajstić information content (AvgIpc) is 2.58. The Kier molecular flexibility index (Phi) is 3.83. The summed E-state index contributed by atoms with van der Waals surface area (Å²) in [6.07, 6.45) is 1.99. The van der Waals surface area contributed by atoms with Gasteiger partial charge in [0.25, 0.3) is 0 Å². The zero-order valence-electron chi connectivity index (χ0n) is 8.79. The van der Waals surface area contributed by atoms with Crippen molar-refractivity contribution in [2.75, 3.05) is 13.1 Å². The van der Waals surface area contributed by atoms with E-state index in [-0.39, 0.29) is 6.10 Å². The van der Waals surface area contributed by atoms with Crippen LogP contribution in [-0.2, 0) is 0 Å². The van der Waals surface area contributed by atoms with Crippen molar-refractivity contribution in [3.05, 3.63) is 20.3 Å². The molecule has 2 unspecified atom stereocenters. The minimum atomic E-state index is -0.305. The summed E-state index contributed by atoms with van der Waals surface area (Å²) in [5, 5.41) is 13.6. The van der Waals surface area contributed by atoms with Gasteiger partial charge in [0.05, 0.1) is 9.89 Å². The van der Waals surface area contributed by atoms with Gasteiger partial charge in [-0.05, 0) is 53.9 Å². The van der Waals surface area contributed by atoms with Crippen molar-refractivity contribution in [1.82, 2.24) is 5.32 Å². The highest BCUT2D eigenvalue weighted by Crippen LogP contribution is 2.35. The first-order chi connectivity index (χ1) is 7.18. The smallest absolute Gasteiger partial charge is 0.0841 e. The first-order valence-corrected chi connectivity index (χ1v) is 6.94. The third kappa shape index (κ3) is 2.61. The first kappa shape index (κ1) is 11.6. The standard InChI is InChI=1S/C11H16BrNOS/c1-7-9(5-10(12)15-7)11(14)8-3-2-4-13-6-8/h5,8,11,13-14H,2-4,6H2,1H3. The second kappa shape index (κ2) is 4.95. The van der Waals surface area contributed by atoms with Gasteiger partial charge in [-0.25, -0.2) is 0 Å². The lowest BCUT2D eigenvalue weighted by atomic mass is 9.90. The number of thiophene rings is 1. The van der Waals surface area contributed by atoms with E-state index in [4.69, 9.17) is 0 Å². The van der Waals surface area contributed by atoms with Gasteiger partial charge in [0.1, 0.15) is 0 Å². The van der Waals surface area contributed by atoms with Crippen LogP contribution in [0.15, 0.2) is 9.85 Å². The van der Waals surface area contributed by atoms with E-state index in [2.05, 4.69) is 34.2 Å². The maximum Gasteiger partial charge on any atom is 0.0841 e. The number of halogens is 1. The molecule has 4 heteroatoms. The van der Waals surface area contributed by atoms with Crippen molar-refractivity contribution < 1.29 is 5.11 Å². The Morgan fingerprint density at radius 3 is 3.00 bits per heavy atom. The fourth-order valence-corrected chi connectivity index (χ4v) is 3.91. The van der Waals surface area contributed by atoms with Gasteiger partial charge in [-0.15, -0.1) is 11.3 Å². The van der Waals surface area contributed by atoms with Crippen LogP contribution < -0.4 is 5.32 Å². The van der Waals surface area contributed by atoms with Gasteiger partial charge in [-0.3, -0.25) is 0 Å². The molecule has 0 saturated carbocycles. The molecule has 2 atom stereocenters. The highest BCUT2D eigenvalue weighted by atomic mass is 79.9. The SMILES string of the molecule is Cc1sc(Br)cc1C(O)C1CCCNC1. The molecule has 2 heterocycles. The molecular weight excluding hydrogens is 274 g/mol. The molecule has 0 amide bonds. The predicted octanol–water partition coefficient (Wildman–Crippen LogP) is 2.85. The third-order valence-corrected chi connectivity index (χ3v) is 4.60. The molecule has 0 spiro atoms. The van der Waals surface area contributed by atoms with Crippen molar-refractivity contribution in [1.29, 1.82) is 0 Å². The number of aliphatic hydroxyl groups excluding tert-OH is 1. The summed E-state index contributed by atoms with van der Waals surface area (Å²) >= 11 is 5.16. The van der Waals surface area contributed by atoms with Gasteiger partial charge in [-0.1, -0.05) is 0 Å². The topological polar surface area (TPSA) is 32.3 Å². The summed E-state index contributed by atoms with van der Waals surface area (Å²) < 4.78 is 1.11. The van der Waals surface area contributed by atoms with E-state index in [0.717, 1.165) is 28.9 Å². The molecule has 1 aromatic rings. The quantitative estimate of drug-likeness (QED) is 0.878. The van der Waals surface area contributed by atoms with Crippen LogP contribution >= 0.6 is 27.3 Å². The lowest BCUT2D eigenvalue weighted by Gasteiger charge is -2.27. The Balaban J connectivity index is 2.12.